The number of aliphatic imine (C=N–C) groups is 1. The van der Waals surface area contributed by atoms with Crippen LogP contribution in [0.25, 0.3) is 0 Å². The van der Waals surface area contributed by atoms with Gasteiger partial charge in [0.05, 0.1) is 12.1 Å². The predicted octanol–water partition coefficient (Wildman–Crippen LogP) is 2.22. The van der Waals surface area contributed by atoms with Crippen molar-refractivity contribution in [2.75, 3.05) is 26.7 Å². The van der Waals surface area contributed by atoms with Gasteiger partial charge in [0.1, 0.15) is 0 Å². The molecule has 1 aromatic carbocycles. The van der Waals surface area contributed by atoms with Crippen molar-refractivity contribution in [2.45, 2.75) is 25.4 Å². The van der Waals surface area contributed by atoms with E-state index in [1.165, 1.54) is 12.1 Å². The molecular weight excluding hydrogens is 357 g/mol. The van der Waals surface area contributed by atoms with E-state index in [-0.39, 0.29) is 18.4 Å². The Bertz CT molecular complexity index is 749. The van der Waals surface area contributed by atoms with Crippen molar-refractivity contribution in [1.29, 1.82) is 0 Å². The summed E-state index contributed by atoms with van der Waals surface area (Å²) < 4.78 is 38.1. The molecule has 0 saturated carbocycles. The number of carbonyl (C=O) groups is 1. The second-order valence-corrected chi connectivity index (χ2v) is 6.41. The summed E-state index contributed by atoms with van der Waals surface area (Å²) >= 11 is 0. The number of amides is 1. The lowest BCUT2D eigenvalue weighted by Gasteiger charge is -2.34. The summed E-state index contributed by atoms with van der Waals surface area (Å²) in [5.74, 6) is 6.09. The number of carbonyl (C=O) groups excluding carboxylic acids is 1. The number of alkyl halides is 3. The van der Waals surface area contributed by atoms with Crippen LogP contribution in [0.4, 0.5) is 13.2 Å². The molecule has 8 heteroatoms. The quantitative estimate of drug-likeness (QED) is 0.480. The number of piperidine rings is 1. The monoisotopic (exact) mass is 380 g/mol. The maximum absolute atomic E-state index is 12.7. The van der Waals surface area contributed by atoms with Gasteiger partial charge in [-0.25, -0.2) is 0 Å². The van der Waals surface area contributed by atoms with Crippen LogP contribution >= 0.6 is 0 Å². The van der Waals surface area contributed by atoms with Crippen LogP contribution in [-0.2, 0) is 11.0 Å². The Morgan fingerprint density at radius 3 is 2.89 bits per heavy atom. The van der Waals surface area contributed by atoms with Gasteiger partial charge in [-0.3, -0.25) is 9.79 Å². The topological polar surface area (TPSA) is 70.7 Å². The fraction of sp³-hybridized carbons (Fsp3) is 0.474. The highest BCUT2D eigenvalue weighted by Crippen LogP contribution is 2.29. The first-order valence-corrected chi connectivity index (χ1v) is 8.69. The van der Waals surface area contributed by atoms with Crippen LogP contribution in [-0.4, -0.2) is 43.4 Å². The fourth-order valence-corrected chi connectivity index (χ4v) is 3.08. The molecule has 3 N–H and O–H groups in total. The van der Waals surface area contributed by atoms with Gasteiger partial charge < -0.3 is 16.0 Å². The summed E-state index contributed by atoms with van der Waals surface area (Å²) in [7, 11) is 1.65. The Balaban J connectivity index is 1.92. The minimum atomic E-state index is -4.38. The number of benzene rings is 1. The van der Waals surface area contributed by atoms with Crippen molar-refractivity contribution in [1.82, 2.24) is 10.2 Å². The molecule has 1 heterocycles. The number of primary amides is 1. The van der Waals surface area contributed by atoms with Crippen LogP contribution in [0.2, 0.25) is 0 Å². The maximum atomic E-state index is 12.7. The van der Waals surface area contributed by atoms with Gasteiger partial charge in [0.15, 0.2) is 5.96 Å². The van der Waals surface area contributed by atoms with E-state index in [0.29, 0.717) is 24.5 Å². The Labute approximate surface area is 156 Å². The molecule has 0 radical (unpaired) electrons. The average molecular weight is 380 g/mol. The maximum Gasteiger partial charge on any atom is 0.416 e. The summed E-state index contributed by atoms with van der Waals surface area (Å²) in [5.41, 5.74) is 4.87. The summed E-state index contributed by atoms with van der Waals surface area (Å²) in [6.45, 7) is 1.75. The molecule has 0 aliphatic carbocycles. The minimum Gasteiger partial charge on any atom is -0.370 e. The summed E-state index contributed by atoms with van der Waals surface area (Å²) in [6, 6.07) is 4.92. The largest absolute Gasteiger partial charge is 0.416 e. The lowest BCUT2D eigenvalue weighted by molar-refractivity contribution is -0.137. The molecule has 0 spiro atoms. The minimum absolute atomic E-state index is 0.200. The second kappa shape index (κ2) is 9.31. The first kappa shape index (κ1) is 20.6. The van der Waals surface area contributed by atoms with Crippen LogP contribution in [0.1, 0.15) is 30.4 Å². The number of halogens is 3. The summed E-state index contributed by atoms with van der Waals surface area (Å²) in [6.07, 6.45) is -2.14. The number of likely N-dealkylation sites (tertiary alicyclic amines) is 1. The smallest absolute Gasteiger partial charge is 0.370 e. The number of nitrogens with zero attached hydrogens (tertiary/aromatic N) is 2. The molecule has 0 aromatic heterocycles. The molecule has 146 valence electrons. The third kappa shape index (κ3) is 6.51. The van der Waals surface area contributed by atoms with Crippen LogP contribution in [0.3, 0.4) is 0 Å². The molecule has 1 aliphatic heterocycles. The van der Waals surface area contributed by atoms with E-state index in [4.69, 9.17) is 5.73 Å². The van der Waals surface area contributed by atoms with E-state index in [9.17, 15) is 18.0 Å². The molecule has 1 amide bonds. The average Bonchev–Trinajstić information content (AvgIpc) is 2.61. The standard InChI is InChI=1S/C19H23F3N4O/c1-24-18(26-10-4-7-15(13-26)12-17(23)27)25-9-3-6-14-5-2-8-16(11-14)19(20,21)22/h2,5,8,11,15H,4,7,9-10,12-13H2,1H3,(H2,23,27)(H,24,25). The Hall–Kier alpha value is -2.69. The molecule has 1 unspecified atom stereocenters. The molecule has 1 aliphatic rings. The third-order valence-corrected chi connectivity index (χ3v) is 4.28. The zero-order chi connectivity index (χ0) is 19.9. The summed E-state index contributed by atoms with van der Waals surface area (Å²) in [4.78, 5) is 17.4. The first-order chi connectivity index (χ1) is 12.8. The molecule has 0 bridgehead atoms. The van der Waals surface area contributed by atoms with E-state index in [0.717, 1.165) is 31.5 Å². The molecule has 1 fully saturated rings. The molecule has 1 atom stereocenters. The lowest BCUT2D eigenvalue weighted by atomic mass is 9.95. The second-order valence-electron chi connectivity index (χ2n) is 6.41. The van der Waals surface area contributed by atoms with Crippen molar-refractivity contribution in [3.05, 3.63) is 35.4 Å². The highest BCUT2D eigenvalue weighted by Gasteiger charge is 2.30. The van der Waals surface area contributed by atoms with Crippen molar-refractivity contribution < 1.29 is 18.0 Å². The Morgan fingerprint density at radius 1 is 1.44 bits per heavy atom. The fourth-order valence-electron chi connectivity index (χ4n) is 3.08. The van der Waals surface area contributed by atoms with Crippen LogP contribution in [0.5, 0.6) is 0 Å². The van der Waals surface area contributed by atoms with E-state index >= 15 is 0 Å². The SMILES string of the molecule is CN=C(NCC#Cc1cccc(C(F)(F)F)c1)N1CCCC(CC(N)=O)C1. The van der Waals surface area contributed by atoms with Gasteiger partial charge in [-0.05, 0) is 37.0 Å². The van der Waals surface area contributed by atoms with Gasteiger partial charge in [-0.1, -0.05) is 17.9 Å². The zero-order valence-electron chi connectivity index (χ0n) is 15.1. The Kier molecular flexibility index (Phi) is 7.11. The van der Waals surface area contributed by atoms with E-state index in [1.54, 1.807) is 7.05 Å². The van der Waals surface area contributed by atoms with E-state index < -0.39 is 11.7 Å². The van der Waals surface area contributed by atoms with Gasteiger partial charge in [0.25, 0.3) is 0 Å². The lowest BCUT2D eigenvalue weighted by Crippen LogP contribution is -2.47. The number of guanidine groups is 1. The van der Waals surface area contributed by atoms with Crippen molar-refractivity contribution in [3.63, 3.8) is 0 Å². The van der Waals surface area contributed by atoms with Gasteiger partial charge in [-0.15, -0.1) is 0 Å². The van der Waals surface area contributed by atoms with Gasteiger partial charge in [0.2, 0.25) is 5.91 Å². The van der Waals surface area contributed by atoms with Crippen molar-refractivity contribution in [2.24, 2.45) is 16.6 Å². The molecule has 1 aromatic rings. The third-order valence-electron chi connectivity index (χ3n) is 4.28. The predicted molar refractivity (Wildman–Crippen MR) is 97.8 cm³/mol. The molecule has 1 saturated heterocycles. The van der Waals surface area contributed by atoms with E-state index in [1.807, 2.05) is 4.90 Å². The van der Waals surface area contributed by atoms with Gasteiger partial charge in [0, 0.05) is 32.1 Å². The molecule has 2 rings (SSSR count). The molecule has 27 heavy (non-hydrogen) atoms. The number of nitrogens with two attached hydrogens (primary N) is 1. The molecule has 5 nitrogen and oxygen atoms in total. The number of rotatable bonds is 3. The highest BCUT2D eigenvalue weighted by molar-refractivity contribution is 5.80. The normalized spacial score (nSPS) is 17.9. The van der Waals surface area contributed by atoms with Crippen LogP contribution in [0.15, 0.2) is 29.3 Å². The highest BCUT2D eigenvalue weighted by atomic mass is 19.4. The Morgan fingerprint density at radius 2 is 2.22 bits per heavy atom. The zero-order valence-corrected chi connectivity index (χ0v) is 15.1. The van der Waals surface area contributed by atoms with Gasteiger partial charge in [-0.2, -0.15) is 13.2 Å². The van der Waals surface area contributed by atoms with E-state index in [2.05, 4.69) is 22.2 Å². The molecular formula is C19H23F3N4O. The van der Waals surface area contributed by atoms with Crippen LogP contribution in [0, 0.1) is 17.8 Å². The summed E-state index contributed by atoms with van der Waals surface area (Å²) in [5, 5.41) is 3.09. The number of nitrogens with one attached hydrogen (secondary N) is 1. The number of hydrogen-bond acceptors (Lipinski definition) is 2. The van der Waals surface area contributed by atoms with Crippen LogP contribution < -0.4 is 11.1 Å². The first-order valence-electron chi connectivity index (χ1n) is 8.69. The van der Waals surface area contributed by atoms with Crippen molar-refractivity contribution >= 4 is 11.9 Å². The number of hydrogen-bond donors (Lipinski definition) is 2. The van der Waals surface area contributed by atoms with Crippen molar-refractivity contribution in [3.8, 4) is 11.8 Å². The van der Waals surface area contributed by atoms with Gasteiger partial charge >= 0.3 is 6.18 Å².